The number of para-hydroxylation sites is 2. The number of nitrogen functional groups attached to an aromatic ring is 2. The third kappa shape index (κ3) is 4.64. The van der Waals surface area contributed by atoms with Crippen molar-refractivity contribution in [1.82, 2.24) is 14.8 Å². The molecule has 0 aliphatic rings. The zero-order chi connectivity index (χ0) is 25.1. The second-order valence-corrected chi connectivity index (χ2v) is 7.58. The molecule has 0 fully saturated rings. The van der Waals surface area contributed by atoms with Crippen LogP contribution in [0.4, 0.5) is 15.8 Å². The molecule has 180 valence electrons. The van der Waals surface area contributed by atoms with Crippen molar-refractivity contribution < 1.29 is 13.9 Å². The van der Waals surface area contributed by atoms with Gasteiger partial charge in [0, 0.05) is 22.9 Å². The van der Waals surface area contributed by atoms with Crippen LogP contribution in [0.1, 0.15) is 23.0 Å². The number of H-pyrrole nitrogens is 1. The molecule has 1 aromatic heterocycles. The van der Waals surface area contributed by atoms with Gasteiger partial charge in [0.15, 0.2) is 17.3 Å². The molecule has 4 aromatic rings. The van der Waals surface area contributed by atoms with E-state index in [1.165, 1.54) is 26.4 Å². The van der Waals surface area contributed by atoms with Crippen molar-refractivity contribution in [2.24, 2.45) is 5.73 Å². The van der Waals surface area contributed by atoms with Crippen LogP contribution >= 0.6 is 0 Å². The van der Waals surface area contributed by atoms with Gasteiger partial charge in [-0.3, -0.25) is 10.4 Å². The first-order valence-electron chi connectivity index (χ1n) is 10.5. The number of nitrogens with two attached hydrogens (primary N) is 2. The molecule has 0 bridgehead atoms. The number of amidine groups is 1. The van der Waals surface area contributed by atoms with Crippen molar-refractivity contribution in [3.8, 4) is 17.2 Å². The highest BCUT2D eigenvalue weighted by molar-refractivity contribution is 5.95. The summed E-state index contributed by atoms with van der Waals surface area (Å²) in [6.07, 6.45) is 0. The van der Waals surface area contributed by atoms with Gasteiger partial charge in [-0.2, -0.15) is 4.68 Å². The number of aromatic amines is 1. The molecule has 35 heavy (non-hydrogen) atoms. The molecule has 0 radical (unpaired) electrons. The van der Waals surface area contributed by atoms with E-state index in [9.17, 15) is 4.79 Å². The Morgan fingerprint density at radius 1 is 1.11 bits per heavy atom. The third-order valence-corrected chi connectivity index (χ3v) is 5.39. The van der Waals surface area contributed by atoms with Gasteiger partial charge in [-0.15, -0.1) is 5.10 Å². The maximum Gasteiger partial charge on any atom is 0.348 e. The topological polar surface area (TPSA) is 157 Å². The fourth-order valence-electron chi connectivity index (χ4n) is 3.61. The van der Waals surface area contributed by atoms with Crippen LogP contribution in [0.5, 0.6) is 11.5 Å². The lowest BCUT2D eigenvalue weighted by Gasteiger charge is -2.20. The summed E-state index contributed by atoms with van der Waals surface area (Å²) in [5.74, 6) is -0.0243. The van der Waals surface area contributed by atoms with Crippen LogP contribution < -0.4 is 31.9 Å². The minimum Gasteiger partial charge on any atom is -0.493 e. The van der Waals surface area contributed by atoms with Crippen molar-refractivity contribution in [3.05, 3.63) is 93.9 Å². The molecule has 1 unspecified atom stereocenters. The Labute approximate surface area is 199 Å². The fraction of sp³-hybridized carbons (Fsp3) is 0.125. The number of ether oxygens (including phenoxy) is 2. The molecule has 0 amide bonds. The summed E-state index contributed by atoms with van der Waals surface area (Å²) in [6.45, 7) is 0. The van der Waals surface area contributed by atoms with Crippen LogP contribution in [0.25, 0.3) is 5.69 Å². The second kappa shape index (κ2) is 9.59. The van der Waals surface area contributed by atoms with Gasteiger partial charge in [0.1, 0.15) is 17.7 Å². The molecule has 0 spiro atoms. The number of rotatable bonds is 8. The number of aromatic nitrogens is 3. The van der Waals surface area contributed by atoms with Crippen LogP contribution in [0.15, 0.2) is 65.5 Å². The predicted molar refractivity (Wildman–Crippen MR) is 131 cm³/mol. The van der Waals surface area contributed by atoms with Crippen molar-refractivity contribution in [2.45, 2.75) is 6.04 Å². The molecule has 1 atom stereocenters. The smallest absolute Gasteiger partial charge is 0.348 e. The fourth-order valence-corrected chi connectivity index (χ4v) is 3.61. The highest BCUT2D eigenvalue weighted by Crippen LogP contribution is 2.35. The Balaban J connectivity index is 1.84. The Morgan fingerprint density at radius 2 is 1.77 bits per heavy atom. The molecular weight excluding hydrogens is 453 g/mol. The number of nitrogens with one attached hydrogen (secondary N) is 3. The van der Waals surface area contributed by atoms with Gasteiger partial charge in [0.2, 0.25) is 0 Å². The van der Waals surface area contributed by atoms with Crippen LogP contribution in [0.3, 0.4) is 0 Å². The lowest BCUT2D eigenvalue weighted by Crippen LogP contribution is -2.17. The molecule has 0 saturated carbocycles. The number of nitrogens with zero attached hydrogens (tertiary/aromatic N) is 2. The van der Waals surface area contributed by atoms with Crippen LogP contribution in [-0.2, 0) is 0 Å². The largest absolute Gasteiger partial charge is 0.493 e. The third-order valence-electron chi connectivity index (χ3n) is 5.39. The monoisotopic (exact) mass is 477 g/mol. The second-order valence-electron chi connectivity index (χ2n) is 7.58. The number of anilines is 2. The van der Waals surface area contributed by atoms with E-state index < -0.39 is 17.5 Å². The normalized spacial score (nSPS) is 11.6. The van der Waals surface area contributed by atoms with Gasteiger partial charge in [0.25, 0.3) is 0 Å². The number of methoxy groups -OCH3 is 2. The van der Waals surface area contributed by atoms with Crippen molar-refractivity contribution >= 4 is 17.2 Å². The standard InChI is InChI=1S/C24H24FN7O3/c1-34-19-11-15(16(25)12-20(19)35-2)21(29-14-9-7-13(8-10-14)22(27)28)23-30-24(33)32(31-23)18-6-4-3-5-17(18)26/h3-12,21,29H,26H2,1-2H3,(H3,27,28)(H,30,31,33). The maximum atomic E-state index is 15.3. The highest BCUT2D eigenvalue weighted by Gasteiger charge is 2.25. The van der Waals surface area contributed by atoms with Crippen LogP contribution in [0, 0.1) is 11.2 Å². The number of hydrogen-bond acceptors (Lipinski definition) is 7. The first-order chi connectivity index (χ1) is 16.8. The summed E-state index contributed by atoms with van der Waals surface area (Å²) in [6, 6.07) is 15.2. The number of halogens is 1. The van der Waals surface area contributed by atoms with E-state index in [2.05, 4.69) is 15.4 Å². The Hall–Kier alpha value is -4.80. The summed E-state index contributed by atoms with van der Waals surface area (Å²) < 4.78 is 27.0. The summed E-state index contributed by atoms with van der Waals surface area (Å²) in [4.78, 5) is 15.5. The molecule has 11 heteroatoms. The van der Waals surface area contributed by atoms with E-state index in [4.69, 9.17) is 26.4 Å². The molecule has 3 aromatic carbocycles. The molecule has 0 aliphatic carbocycles. The lowest BCUT2D eigenvalue weighted by atomic mass is 10.0. The Bertz CT molecular complexity index is 1430. The van der Waals surface area contributed by atoms with Gasteiger partial charge in [-0.1, -0.05) is 12.1 Å². The minimum absolute atomic E-state index is 0.0810. The molecule has 0 saturated heterocycles. The van der Waals surface area contributed by atoms with E-state index in [0.29, 0.717) is 28.4 Å². The molecule has 4 rings (SSSR count). The number of hydrogen-bond donors (Lipinski definition) is 5. The molecule has 10 nitrogen and oxygen atoms in total. The minimum atomic E-state index is -0.933. The first-order valence-corrected chi connectivity index (χ1v) is 10.5. The summed E-state index contributed by atoms with van der Waals surface area (Å²) >= 11 is 0. The van der Waals surface area contributed by atoms with Crippen molar-refractivity contribution in [2.75, 3.05) is 25.3 Å². The number of benzene rings is 3. The van der Waals surface area contributed by atoms with Gasteiger partial charge in [0.05, 0.1) is 25.6 Å². The average Bonchev–Trinajstić information content (AvgIpc) is 3.24. The maximum absolute atomic E-state index is 15.3. The van der Waals surface area contributed by atoms with Gasteiger partial charge in [-0.25, -0.2) is 9.18 Å². The van der Waals surface area contributed by atoms with E-state index in [1.807, 2.05) is 0 Å². The van der Waals surface area contributed by atoms with Gasteiger partial charge < -0.3 is 26.3 Å². The molecule has 0 aliphatic heterocycles. The SMILES string of the molecule is COc1cc(F)c(C(Nc2ccc(C(=N)N)cc2)c2nn(-c3ccccc3N)c(=O)[nH]2)cc1OC. The zero-order valence-corrected chi connectivity index (χ0v) is 19.0. The first kappa shape index (κ1) is 23.4. The van der Waals surface area contributed by atoms with E-state index in [0.717, 1.165) is 4.68 Å². The van der Waals surface area contributed by atoms with Crippen molar-refractivity contribution in [3.63, 3.8) is 0 Å². The zero-order valence-electron chi connectivity index (χ0n) is 19.0. The average molecular weight is 478 g/mol. The highest BCUT2D eigenvalue weighted by atomic mass is 19.1. The molecule has 1 heterocycles. The Kier molecular flexibility index (Phi) is 6.40. The summed E-state index contributed by atoms with van der Waals surface area (Å²) in [5.41, 5.74) is 13.0. The molecular formula is C24H24FN7O3. The quantitative estimate of drug-likeness (QED) is 0.148. The lowest BCUT2D eigenvalue weighted by molar-refractivity contribution is 0.351. The molecule has 7 N–H and O–H groups in total. The summed E-state index contributed by atoms with van der Waals surface area (Å²) in [7, 11) is 2.85. The van der Waals surface area contributed by atoms with E-state index in [-0.39, 0.29) is 23.0 Å². The van der Waals surface area contributed by atoms with Crippen LogP contribution in [-0.4, -0.2) is 34.8 Å². The van der Waals surface area contributed by atoms with E-state index >= 15 is 4.39 Å². The Morgan fingerprint density at radius 3 is 2.40 bits per heavy atom. The summed E-state index contributed by atoms with van der Waals surface area (Å²) in [5, 5.41) is 15.2. The van der Waals surface area contributed by atoms with Crippen molar-refractivity contribution in [1.29, 1.82) is 5.41 Å². The predicted octanol–water partition coefficient (Wildman–Crippen LogP) is 2.78. The van der Waals surface area contributed by atoms with Gasteiger partial charge >= 0.3 is 5.69 Å². The van der Waals surface area contributed by atoms with E-state index in [1.54, 1.807) is 48.5 Å². The van der Waals surface area contributed by atoms with Crippen LogP contribution in [0.2, 0.25) is 0 Å². The van der Waals surface area contributed by atoms with Gasteiger partial charge in [-0.05, 0) is 42.5 Å².